The van der Waals surface area contributed by atoms with Gasteiger partial charge in [-0.3, -0.25) is 9.69 Å². The molecule has 5 rings (SSSR count). The standard InChI is InChI=1S/C30H40FN3O5/c1-37-26-17-22(31)16-25(27(26)20-10-14-38-15-11-20)28(30(35)36)34-18-24(19-34)39-13-4-2-3-7-23-9-8-21-6-5-12-32-29(21)33-23/h8-9,16-17,20,24,28H,2-7,10-15,18-19H2,1H3,(H,32,33)(H,35,36). The molecule has 0 spiro atoms. The minimum atomic E-state index is -0.986. The van der Waals surface area contributed by atoms with Crippen molar-refractivity contribution in [3.63, 3.8) is 0 Å². The summed E-state index contributed by atoms with van der Waals surface area (Å²) in [5.74, 6) is 0.0675. The van der Waals surface area contributed by atoms with Crippen molar-refractivity contribution in [2.45, 2.75) is 69.4 Å². The van der Waals surface area contributed by atoms with Gasteiger partial charge in [-0.05, 0) is 74.1 Å². The number of carboxylic acid groups (broad SMARTS) is 1. The number of hydrogen-bond acceptors (Lipinski definition) is 7. The fraction of sp³-hybridized carbons (Fsp3) is 0.600. The molecule has 0 amide bonds. The summed E-state index contributed by atoms with van der Waals surface area (Å²) in [5.41, 5.74) is 3.72. The Labute approximate surface area is 229 Å². The molecular weight excluding hydrogens is 501 g/mol. The molecule has 9 heteroatoms. The monoisotopic (exact) mass is 541 g/mol. The minimum Gasteiger partial charge on any atom is -0.496 e. The number of likely N-dealkylation sites (tertiary alicyclic amines) is 1. The first-order chi connectivity index (χ1) is 19.0. The Bertz CT molecular complexity index is 1130. The van der Waals surface area contributed by atoms with Gasteiger partial charge in [-0.1, -0.05) is 12.5 Å². The quantitative estimate of drug-likeness (QED) is 0.373. The van der Waals surface area contributed by atoms with Gasteiger partial charge in [-0.25, -0.2) is 9.37 Å². The summed E-state index contributed by atoms with van der Waals surface area (Å²) in [6.07, 6.45) is 7.80. The molecule has 39 heavy (non-hydrogen) atoms. The maximum atomic E-state index is 14.6. The average molecular weight is 542 g/mol. The number of benzene rings is 1. The summed E-state index contributed by atoms with van der Waals surface area (Å²) < 4.78 is 31.6. The summed E-state index contributed by atoms with van der Waals surface area (Å²) in [6, 6.07) is 6.13. The number of carboxylic acids is 1. The molecule has 0 bridgehead atoms. The van der Waals surface area contributed by atoms with Gasteiger partial charge in [-0.2, -0.15) is 0 Å². The number of anilines is 1. The van der Waals surface area contributed by atoms with Crippen molar-refractivity contribution in [3.05, 3.63) is 52.5 Å². The normalized spacial score (nSPS) is 19.1. The zero-order valence-corrected chi connectivity index (χ0v) is 22.8. The van der Waals surface area contributed by atoms with Gasteiger partial charge in [0, 0.05) is 56.8 Å². The Morgan fingerprint density at radius 1 is 1.23 bits per heavy atom. The lowest BCUT2D eigenvalue weighted by Gasteiger charge is -2.43. The van der Waals surface area contributed by atoms with E-state index in [1.165, 1.54) is 31.2 Å². The van der Waals surface area contributed by atoms with E-state index in [1.54, 1.807) is 0 Å². The number of rotatable bonds is 12. The molecule has 1 unspecified atom stereocenters. The Hall–Kier alpha value is -2.75. The molecule has 0 saturated carbocycles. The molecule has 1 aromatic carbocycles. The van der Waals surface area contributed by atoms with Gasteiger partial charge >= 0.3 is 5.97 Å². The Morgan fingerprint density at radius 3 is 2.82 bits per heavy atom. The second-order valence-electron chi connectivity index (χ2n) is 10.8. The van der Waals surface area contributed by atoms with Crippen LogP contribution in [0.15, 0.2) is 24.3 Å². The second-order valence-corrected chi connectivity index (χ2v) is 10.8. The first kappa shape index (κ1) is 27.8. The molecule has 2 N–H and O–H groups in total. The Kier molecular flexibility index (Phi) is 9.32. The predicted octanol–water partition coefficient (Wildman–Crippen LogP) is 4.72. The number of aryl methyl sites for hydroxylation is 2. The number of unbranched alkanes of at least 4 members (excludes halogenated alkanes) is 2. The van der Waals surface area contributed by atoms with Crippen LogP contribution >= 0.6 is 0 Å². The van der Waals surface area contributed by atoms with E-state index < -0.39 is 17.8 Å². The first-order valence-electron chi connectivity index (χ1n) is 14.3. The molecule has 212 valence electrons. The SMILES string of the molecule is COc1cc(F)cc(C(C(=O)O)N2CC(OCCCCCc3ccc4c(n3)NCCC4)C2)c1C1CCOCC1. The van der Waals surface area contributed by atoms with Crippen LogP contribution in [0.5, 0.6) is 5.75 Å². The van der Waals surface area contributed by atoms with E-state index in [2.05, 4.69) is 17.4 Å². The number of aromatic nitrogens is 1. The molecule has 2 fully saturated rings. The highest BCUT2D eigenvalue weighted by molar-refractivity contribution is 5.77. The van der Waals surface area contributed by atoms with Crippen LogP contribution in [0.25, 0.3) is 0 Å². The van der Waals surface area contributed by atoms with Crippen LogP contribution in [0.1, 0.15) is 72.9 Å². The van der Waals surface area contributed by atoms with E-state index >= 15 is 0 Å². The number of pyridine rings is 1. The number of ether oxygens (including phenoxy) is 3. The van der Waals surface area contributed by atoms with Crippen LogP contribution in [-0.2, 0) is 27.1 Å². The van der Waals surface area contributed by atoms with Crippen molar-refractivity contribution in [1.29, 1.82) is 0 Å². The molecule has 0 radical (unpaired) electrons. The summed E-state index contributed by atoms with van der Waals surface area (Å²) in [4.78, 5) is 19.1. The molecule has 1 atom stereocenters. The maximum absolute atomic E-state index is 14.6. The van der Waals surface area contributed by atoms with Crippen LogP contribution in [0.3, 0.4) is 0 Å². The molecule has 3 aliphatic heterocycles. The molecule has 8 nitrogen and oxygen atoms in total. The minimum absolute atomic E-state index is 0.0118. The van der Waals surface area contributed by atoms with Gasteiger partial charge < -0.3 is 24.6 Å². The predicted molar refractivity (Wildman–Crippen MR) is 146 cm³/mol. The Morgan fingerprint density at radius 2 is 2.05 bits per heavy atom. The summed E-state index contributed by atoms with van der Waals surface area (Å²) >= 11 is 0. The number of halogens is 1. The van der Waals surface area contributed by atoms with Crippen LogP contribution in [-0.4, -0.2) is 73.6 Å². The van der Waals surface area contributed by atoms with Crippen molar-refractivity contribution >= 4 is 11.8 Å². The second kappa shape index (κ2) is 13.1. The highest BCUT2D eigenvalue weighted by Gasteiger charge is 2.40. The first-order valence-corrected chi connectivity index (χ1v) is 14.3. The lowest BCUT2D eigenvalue weighted by atomic mass is 9.84. The summed E-state index contributed by atoms with van der Waals surface area (Å²) in [6.45, 7) is 3.87. The molecule has 3 aliphatic rings. The number of hydrogen-bond donors (Lipinski definition) is 2. The molecule has 2 saturated heterocycles. The van der Waals surface area contributed by atoms with Crippen molar-refractivity contribution in [2.24, 2.45) is 0 Å². The van der Waals surface area contributed by atoms with Crippen LogP contribution < -0.4 is 10.1 Å². The van der Waals surface area contributed by atoms with Crippen molar-refractivity contribution < 1.29 is 28.5 Å². The molecule has 1 aromatic heterocycles. The third-order valence-corrected chi connectivity index (χ3v) is 8.14. The maximum Gasteiger partial charge on any atom is 0.325 e. The Balaban J connectivity index is 1.10. The lowest BCUT2D eigenvalue weighted by Crippen LogP contribution is -2.55. The number of nitrogens with zero attached hydrogens (tertiary/aromatic N) is 2. The van der Waals surface area contributed by atoms with Gasteiger partial charge in [0.15, 0.2) is 0 Å². The average Bonchev–Trinajstić information content (AvgIpc) is 2.92. The van der Waals surface area contributed by atoms with Gasteiger partial charge in [0.2, 0.25) is 0 Å². The number of fused-ring (bicyclic) bond motifs is 1. The van der Waals surface area contributed by atoms with Crippen molar-refractivity contribution in [3.8, 4) is 5.75 Å². The molecule has 0 aliphatic carbocycles. The van der Waals surface area contributed by atoms with Crippen LogP contribution in [0, 0.1) is 5.82 Å². The fourth-order valence-electron chi connectivity index (χ4n) is 6.05. The van der Waals surface area contributed by atoms with Gasteiger partial charge in [0.1, 0.15) is 23.4 Å². The van der Waals surface area contributed by atoms with Crippen molar-refractivity contribution in [2.75, 3.05) is 51.9 Å². The fourth-order valence-corrected chi connectivity index (χ4v) is 6.05. The number of aliphatic carboxylic acids is 1. The van der Waals surface area contributed by atoms with E-state index in [0.717, 1.165) is 68.6 Å². The lowest BCUT2D eigenvalue weighted by molar-refractivity contribution is -0.151. The highest BCUT2D eigenvalue weighted by atomic mass is 19.1. The third kappa shape index (κ3) is 6.70. The topological polar surface area (TPSA) is 93.2 Å². The van der Waals surface area contributed by atoms with E-state index in [1.807, 2.05) is 4.90 Å². The van der Waals surface area contributed by atoms with E-state index in [4.69, 9.17) is 19.2 Å². The summed E-state index contributed by atoms with van der Waals surface area (Å²) in [7, 11) is 1.51. The smallest absolute Gasteiger partial charge is 0.325 e. The van der Waals surface area contributed by atoms with E-state index in [9.17, 15) is 14.3 Å². The van der Waals surface area contributed by atoms with Gasteiger partial charge in [0.05, 0.1) is 13.2 Å². The number of methoxy groups -OCH3 is 1. The molecular formula is C30H40FN3O5. The largest absolute Gasteiger partial charge is 0.496 e. The molecule has 4 heterocycles. The summed E-state index contributed by atoms with van der Waals surface area (Å²) in [5, 5.41) is 13.6. The van der Waals surface area contributed by atoms with Crippen LogP contribution in [0.2, 0.25) is 0 Å². The number of nitrogens with one attached hydrogen (secondary N) is 1. The zero-order chi connectivity index (χ0) is 27.2. The van der Waals surface area contributed by atoms with Crippen LogP contribution in [0.4, 0.5) is 10.2 Å². The zero-order valence-electron chi connectivity index (χ0n) is 22.8. The van der Waals surface area contributed by atoms with E-state index in [-0.39, 0.29) is 12.0 Å². The van der Waals surface area contributed by atoms with Crippen molar-refractivity contribution in [1.82, 2.24) is 9.88 Å². The number of carbonyl (C=O) groups is 1. The highest BCUT2D eigenvalue weighted by Crippen LogP contribution is 2.42. The van der Waals surface area contributed by atoms with E-state index in [0.29, 0.717) is 44.2 Å². The molecule has 2 aromatic rings. The third-order valence-electron chi connectivity index (χ3n) is 8.14. The van der Waals surface area contributed by atoms with Gasteiger partial charge in [-0.15, -0.1) is 0 Å². The van der Waals surface area contributed by atoms with Gasteiger partial charge in [0.25, 0.3) is 0 Å².